The summed E-state index contributed by atoms with van der Waals surface area (Å²) in [5, 5.41) is 1.90. The number of hydrogen-bond donors (Lipinski definition) is 0. The molecule has 1 aromatic heterocycles. The van der Waals surface area contributed by atoms with Crippen molar-refractivity contribution in [2.75, 3.05) is 12.4 Å². The number of thioether (sulfide) groups is 1. The number of rotatable bonds is 6. The van der Waals surface area contributed by atoms with Crippen LogP contribution in [0.1, 0.15) is 26.3 Å². The van der Waals surface area contributed by atoms with Gasteiger partial charge in [0.05, 0.1) is 24.0 Å². The monoisotopic (exact) mass is 319 g/mol. The molecule has 2 aromatic rings. The first-order valence-electron chi connectivity index (χ1n) is 7.36. The Hall–Kier alpha value is -1.75. The molecule has 0 amide bonds. The largest absolute Gasteiger partial charge is 0.494 e. The molecule has 0 atom stereocenters. The van der Waals surface area contributed by atoms with Crippen LogP contribution in [-0.4, -0.2) is 29.4 Å². The molecule has 0 fully saturated rings. The molecule has 1 heterocycles. The number of nitrogens with zero attached hydrogens (tertiary/aromatic N) is 1. The number of aromatic nitrogens is 1. The summed E-state index contributed by atoms with van der Waals surface area (Å²) in [6.07, 6.45) is -0.0873. The Labute approximate surface area is 135 Å². The van der Waals surface area contributed by atoms with Gasteiger partial charge < -0.3 is 9.47 Å². The third-order valence-corrected chi connectivity index (χ3v) is 4.00. The van der Waals surface area contributed by atoms with E-state index >= 15 is 0 Å². The number of pyridine rings is 1. The fraction of sp³-hybridized carbons (Fsp3) is 0.412. The van der Waals surface area contributed by atoms with E-state index in [0.717, 1.165) is 27.2 Å². The lowest BCUT2D eigenvalue weighted by Gasteiger charge is -2.10. The Balaban J connectivity index is 2.16. The summed E-state index contributed by atoms with van der Waals surface area (Å²) in [5.41, 5.74) is 1.94. The highest BCUT2D eigenvalue weighted by Crippen LogP contribution is 2.27. The number of carbonyl (C=O) groups is 1. The van der Waals surface area contributed by atoms with Gasteiger partial charge in [0.1, 0.15) is 10.8 Å². The van der Waals surface area contributed by atoms with Crippen molar-refractivity contribution in [2.24, 2.45) is 0 Å². The van der Waals surface area contributed by atoms with E-state index in [9.17, 15) is 4.79 Å². The third kappa shape index (κ3) is 4.37. The molecule has 4 nitrogen and oxygen atoms in total. The molecule has 5 heteroatoms. The molecule has 0 spiro atoms. The highest BCUT2D eigenvalue weighted by atomic mass is 32.2. The Kier molecular flexibility index (Phi) is 5.66. The van der Waals surface area contributed by atoms with Gasteiger partial charge in [0.15, 0.2) is 0 Å². The van der Waals surface area contributed by atoms with Crippen molar-refractivity contribution in [2.45, 2.75) is 38.8 Å². The average molecular weight is 319 g/mol. The second-order valence-electron chi connectivity index (χ2n) is 5.23. The first-order chi connectivity index (χ1) is 10.5. The van der Waals surface area contributed by atoms with E-state index in [2.05, 4.69) is 11.1 Å². The molecule has 0 bridgehead atoms. The van der Waals surface area contributed by atoms with Gasteiger partial charge in [0.2, 0.25) is 0 Å². The first-order valence-corrected chi connectivity index (χ1v) is 8.34. The van der Waals surface area contributed by atoms with Crippen molar-refractivity contribution in [3.63, 3.8) is 0 Å². The molecular formula is C17H21NO3S. The van der Waals surface area contributed by atoms with Gasteiger partial charge in [0, 0.05) is 5.39 Å². The molecule has 0 N–H and O–H groups in total. The third-order valence-electron chi connectivity index (χ3n) is 2.94. The van der Waals surface area contributed by atoms with Gasteiger partial charge in [-0.15, -0.1) is 0 Å². The normalized spacial score (nSPS) is 11.0. The Bertz CT molecular complexity index is 670. The van der Waals surface area contributed by atoms with E-state index in [1.807, 2.05) is 45.9 Å². The van der Waals surface area contributed by atoms with E-state index in [0.29, 0.717) is 6.61 Å². The maximum absolute atomic E-state index is 11.6. The molecule has 1 aromatic carbocycles. The SMILES string of the molecule is CCOc1ccc2nc(SCC(=O)OC(C)C)c(C)cc2c1. The Morgan fingerprint density at radius 1 is 1.32 bits per heavy atom. The average Bonchev–Trinajstić information content (AvgIpc) is 2.44. The van der Waals surface area contributed by atoms with Crippen LogP contribution in [0.15, 0.2) is 29.3 Å². The van der Waals surface area contributed by atoms with Crippen molar-refractivity contribution in [3.8, 4) is 5.75 Å². The molecule has 2 rings (SSSR count). The van der Waals surface area contributed by atoms with Crippen molar-refractivity contribution in [3.05, 3.63) is 29.8 Å². The number of esters is 1. The molecular weight excluding hydrogens is 298 g/mol. The van der Waals surface area contributed by atoms with Crippen molar-refractivity contribution in [1.29, 1.82) is 0 Å². The minimum Gasteiger partial charge on any atom is -0.494 e. The molecule has 0 saturated heterocycles. The minimum atomic E-state index is -0.215. The predicted octanol–water partition coefficient (Wildman–Crippen LogP) is 3.99. The van der Waals surface area contributed by atoms with Crippen molar-refractivity contribution >= 4 is 28.6 Å². The summed E-state index contributed by atoms with van der Waals surface area (Å²) in [4.78, 5) is 16.3. The van der Waals surface area contributed by atoms with Crippen LogP contribution in [0.3, 0.4) is 0 Å². The molecule has 0 aliphatic heterocycles. The van der Waals surface area contributed by atoms with Gasteiger partial charge in [-0.25, -0.2) is 4.98 Å². The molecule has 0 aliphatic carbocycles. The van der Waals surface area contributed by atoms with Crippen molar-refractivity contribution in [1.82, 2.24) is 4.98 Å². The van der Waals surface area contributed by atoms with Crippen LogP contribution in [0.4, 0.5) is 0 Å². The molecule has 118 valence electrons. The van der Waals surface area contributed by atoms with Gasteiger partial charge in [-0.2, -0.15) is 0 Å². The van der Waals surface area contributed by atoms with Gasteiger partial charge in [-0.3, -0.25) is 4.79 Å². The maximum atomic E-state index is 11.6. The second-order valence-corrected chi connectivity index (χ2v) is 6.19. The second kappa shape index (κ2) is 7.49. The highest BCUT2D eigenvalue weighted by Gasteiger charge is 2.10. The van der Waals surface area contributed by atoms with Crippen molar-refractivity contribution < 1.29 is 14.3 Å². The standard InChI is InChI=1S/C17H21NO3S/c1-5-20-14-6-7-15-13(9-14)8-12(4)17(18-15)22-10-16(19)21-11(2)3/h6-9,11H,5,10H2,1-4H3. The highest BCUT2D eigenvalue weighted by molar-refractivity contribution is 7.99. The van der Waals surface area contributed by atoms with Crippen LogP contribution in [0, 0.1) is 6.92 Å². The van der Waals surface area contributed by atoms with Gasteiger partial charge in [-0.05, 0) is 57.5 Å². The fourth-order valence-corrected chi connectivity index (χ4v) is 2.84. The lowest BCUT2D eigenvalue weighted by molar-refractivity contribution is -0.144. The lowest BCUT2D eigenvalue weighted by atomic mass is 10.1. The summed E-state index contributed by atoms with van der Waals surface area (Å²) in [6, 6.07) is 7.91. The zero-order valence-corrected chi connectivity index (χ0v) is 14.2. The number of benzene rings is 1. The number of fused-ring (bicyclic) bond motifs is 1. The van der Waals surface area contributed by atoms with Crippen LogP contribution in [0.2, 0.25) is 0 Å². The number of ether oxygens (including phenoxy) is 2. The molecule has 0 saturated carbocycles. The van der Waals surface area contributed by atoms with E-state index in [1.165, 1.54) is 11.8 Å². The molecule has 0 radical (unpaired) electrons. The van der Waals surface area contributed by atoms with Gasteiger partial charge in [0.25, 0.3) is 0 Å². The number of carbonyl (C=O) groups excluding carboxylic acids is 1. The molecule has 0 aliphatic rings. The smallest absolute Gasteiger partial charge is 0.316 e. The zero-order valence-electron chi connectivity index (χ0n) is 13.4. The minimum absolute atomic E-state index is 0.0873. The van der Waals surface area contributed by atoms with E-state index in [-0.39, 0.29) is 17.8 Å². The molecule has 22 heavy (non-hydrogen) atoms. The van der Waals surface area contributed by atoms with Crippen LogP contribution in [0.5, 0.6) is 5.75 Å². The summed E-state index contributed by atoms with van der Waals surface area (Å²) in [7, 11) is 0. The Morgan fingerprint density at radius 2 is 2.09 bits per heavy atom. The van der Waals surface area contributed by atoms with Gasteiger partial charge >= 0.3 is 5.97 Å². The summed E-state index contributed by atoms with van der Waals surface area (Å²) >= 11 is 1.41. The van der Waals surface area contributed by atoms with Crippen LogP contribution >= 0.6 is 11.8 Å². The topological polar surface area (TPSA) is 48.4 Å². The Morgan fingerprint density at radius 3 is 2.77 bits per heavy atom. The van der Waals surface area contributed by atoms with Crippen LogP contribution < -0.4 is 4.74 Å². The molecule has 0 unspecified atom stereocenters. The van der Waals surface area contributed by atoms with E-state index in [1.54, 1.807) is 0 Å². The fourth-order valence-electron chi connectivity index (χ4n) is 2.07. The van der Waals surface area contributed by atoms with E-state index in [4.69, 9.17) is 9.47 Å². The maximum Gasteiger partial charge on any atom is 0.316 e. The van der Waals surface area contributed by atoms with Crippen LogP contribution in [0.25, 0.3) is 10.9 Å². The summed E-state index contributed by atoms with van der Waals surface area (Å²) < 4.78 is 10.6. The quantitative estimate of drug-likeness (QED) is 0.595. The van der Waals surface area contributed by atoms with Gasteiger partial charge in [-0.1, -0.05) is 11.8 Å². The first kappa shape index (κ1) is 16.6. The summed E-state index contributed by atoms with van der Waals surface area (Å²) in [6.45, 7) is 8.29. The zero-order chi connectivity index (χ0) is 16.1. The van der Waals surface area contributed by atoms with Crippen LogP contribution in [-0.2, 0) is 9.53 Å². The summed E-state index contributed by atoms with van der Waals surface area (Å²) in [5.74, 6) is 0.902. The predicted molar refractivity (Wildman–Crippen MR) is 89.6 cm³/mol. The number of aryl methyl sites for hydroxylation is 1. The van der Waals surface area contributed by atoms with E-state index < -0.39 is 0 Å². The number of hydrogen-bond acceptors (Lipinski definition) is 5. The lowest BCUT2D eigenvalue weighted by Crippen LogP contribution is -2.13.